The summed E-state index contributed by atoms with van der Waals surface area (Å²) in [6.07, 6.45) is 3.28. The van der Waals surface area contributed by atoms with E-state index >= 15 is 0 Å². The first-order chi connectivity index (χ1) is 15.6. The van der Waals surface area contributed by atoms with Crippen molar-refractivity contribution < 1.29 is 9.59 Å². The van der Waals surface area contributed by atoms with Crippen molar-refractivity contribution in [1.29, 1.82) is 0 Å². The number of aromatic amines is 1. The minimum Gasteiger partial charge on any atom is -0.340 e. The van der Waals surface area contributed by atoms with Gasteiger partial charge in [0, 0.05) is 58.3 Å². The number of likely N-dealkylation sites (tertiary alicyclic amines) is 1. The first kappa shape index (κ1) is 22.2. The number of carbonyl (C=O) groups excluding carboxylic acids is 2. The number of nitrogens with zero attached hydrogens (tertiary/aromatic N) is 4. The molecule has 170 valence electrons. The molecule has 1 N–H and O–H groups in total. The fourth-order valence-corrected chi connectivity index (χ4v) is 4.59. The standard InChI is InChI=1S/C24H31N5O3/c30-22-10-9-21(25-26-22)24(32)29-12-4-7-20(18-29)8-11-23(31)28-15-13-27(14-16-28)17-19-5-2-1-3-6-19/h1-3,5-6,9-10,20H,4,7-8,11-18H2,(H,26,30)/t20-/m1/s1. The lowest BCUT2D eigenvalue weighted by Crippen LogP contribution is -2.48. The van der Waals surface area contributed by atoms with E-state index in [1.54, 1.807) is 4.90 Å². The van der Waals surface area contributed by atoms with Gasteiger partial charge in [-0.25, -0.2) is 5.10 Å². The van der Waals surface area contributed by atoms with Crippen molar-refractivity contribution in [3.05, 3.63) is 64.1 Å². The van der Waals surface area contributed by atoms with Crippen LogP contribution in [0.5, 0.6) is 0 Å². The number of H-pyrrole nitrogens is 1. The third-order valence-electron chi connectivity index (χ3n) is 6.44. The van der Waals surface area contributed by atoms with Crippen LogP contribution in [0, 0.1) is 5.92 Å². The predicted molar refractivity (Wildman–Crippen MR) is 121 cm³/mol. The third-order valence-corrected chi connectivity index (χ3v) is 6.44. The minimum absolute atomic E-state index is 0.160. The lowest BCUT2D eigenvalue weighted by molar-refractivity contribution is -0.133. The molecule has 2 aliphatic rings. The van der Waals surface area contributed by atoms with Crippen molar-refractivity contribution in [2.75, 3.05) is 39.3 Å². The first-order valence-corrected chi connectivity index (χ1v) is 11.5. The Morgan fingerprint density at radius 3 is 2.47 bits per heavy atom. The van der Waals surface area contributed by atoms with Crippen molar-refractivity contribution >= 4 is 11.8 Å². The van der Waals surface area contributed by atoms with E-state index < -0.39 is 0 Å². The monoisotopic (exact) mass is 437 g/mol. The second-order valence-corrected chi connectivity index (χ2v) is 8.75. The summed E-state index contributed by atoms with van der Waals surface area (Å²) in [5.41, 5.74) is 1.24. The fourth-order valence-electron chi connectivity index (χ4n) is 4.59. The highest BCUT2D eigenvalue weighted by Gasteiger charge is 2.27. The van der Waals surface area contributed by atoms with Crippen molar-refractivity contribution in [1.82, 2.24) is 24.9 Å². The van der Waals surface area contributed by atoms with Gasteiger partial charge in [-0.15, -0.1) is 0 Å². The highest BCUT2D eigenvalue weighted by molar-refractivity contribution is 5.92. The maximum Gasteiger partial charge on any atom is 0.274 e. The molecule has 0 saturated carbocycles. The summed E-state index contributed by atoms with van der Waals surface area (Å²) in [6, 6.07) is 13.2. The van der Waals surface area contributed by atoms with E-state index in [9.17, 15) is 14.4 Å². The third kappa shape index (κ3) is 5.82. The van der Waals surface area contributed by atoms with Crippen LogP contribution in [0.2, 0.25) is 0 Å². The quantitative estimate of drug-likeness (QED) is 0.744. The normalized spacial score (nSPS) is 19.7. The average molecular weight is 438 g/mol. The molecule has 2 fully saturated rings. The molecule has 0 bridgehead atoms. The summed E-state index contributed by atoms with van der Waals surface area (Å²) in [4.78, 5) is 42.8. The lowest BCUT2D eigenvalue weighted by atomic mass is 9.93. The van der Waals surface area contributed by atoms with Crippen LogP contribution >= 0.6 is 0 Å². The molecule has 1 aromatic carbocycles. The molecule has 1 aromatic heterocycles. The van der Waals surface area contributed by atoms with Gasteiger partial charge in [-0.1, -0.05) is 30.3 Å². The zero-order valence-electron chi connectivity index (χ0n) is 18.4. The summed E-state index contributed by atoms with van der Waals surface area (Å²) in [5, 5.41) is 6.17. The molecular formula is C24H31N5O3. The van der Waals surface area contributed by atoms with Crippen LogP contribution in [0.15, 0.2) is 47.3 Å². The average Bonchev–Trinajstić information content (AvgIpc) is 2.84. The Bertz CT molecular complexity index is 949. The van der Waals surface area contributed by atoms with Crippen LogP contribution in [-0.4, -0.2) is 76.0 Å². The van der Waals surface area contributed by atoms with Crippen LogP contribution < -0.4 is 5.56 Å². The highest BCUT2D eigenvalue weighted by atomic mass is 16.2. The molecule has 2 aliphatic heterocycles. The Balaban J connectivity index is 1.20. The van der Waals surface area contributed by atoms with Gasteiger partial charge in [0.15, 0.2) is 0 Å². The van der Waals surface area contributed by atoms with E-state index in [4.69, 9.17) is 0 Å². The molecule has 32 heavy (non-hydrogen) atoms. The second kappa shape index (κ2) is 10.5. The maximum absolute atomic E-state index is 12.8. The molecule has 0 unspecified atom stereocenters. The second-order valence-electron chi connectivity index (χ2n) is 8.75. The predicted octanol–water partition coefficient (Wildman–Crippen LogP) is 1.75. The van der Waals surface area contributed by atoms with Gasteiger partial charge in [-0.05, 0) is 36.8 Å². The van der Waals surface area contributed by atoms with Gasteiger partial charge in [-0.3, -0.25) is 19.3 Å². The molecule has 0 radical (unpaired) electrons. The van der Waals surface area contributed by atoms with Crippen LogP contribution in [0.25, 0.3) is 0 Å². The molecule has 2 amide bonds. The number of benzene rings is 1. The molecule has 4 rings (SSSR count). The number of piperidine rings is 1. The van der Waals surface area contributed by atoms with Crippen molar-refractivity contribution in [3.8, 4) is 0 Å². The summed E-state index contributed by atoms with van der Waals surface area (Å²) in [5.74, 6) is 0.376. The van der Waals surface area contributed by atoms with E-state index in [2.05, 4.69) is 39.4 Å². The minimum atomic E-state index is -0.322. The highest BCUT2D eigenvalue weighted by Crippen LogP contribution is 2.23. The molecule has 2 saturated heterocycles. The number of hydrogen-bond donors (Lipinski definition) is 1. The Morgan fingerprint density at radius 2 is 1.75 bits per heavy atom. The smallest absolute Gasteiger partial charge is 0.274 e. The summed E-state index contributed by atoms with van der Waals surface area (Å²) >= 11 is 0. The van der Waals surface area contributed by atoms with E-state index in [0.29, 0.717) is 25.4 Å². The zero-order chi connectivity index (χ0) is 22.3. The Labute approximate surface area is 188 Å². The van der Waals surface area contributed by atoms with E-state index in [1.807, 2.05) is 11.0 Å². The Hall–Kier alpha value is -3.00. The molecule has 8 nitrogen and oxygen atoms in total. The van der Waals surface area contributed by atoms with E-state index in [1.165, 1.54) is 17.7 Å². The number of rotatable bonds is 6. The maximum atomic E-state index is 12.8. The largest absolute Gasteiger partial charge is 0.340 e. The molecule has 8 heteroatoms. The summed E-state index contributed by atoms with van der Waals surface area (Å²) < 4.78 is 0. The number of nitrogens with one attached hydrogen (secondary N) is 1. The Morgan fingerprint density at radius 1 is 0.969 bits per heavy atom. The van der Waals surface area contributed by atoms with Gasteiger partial charge in [0.1, 0.15) is 5.69 Å². The number of carbonyl (C=O) groups is 2. The van der Waals surface area contributed by atoms with Crippen molar-refractivity contribution in [2.45, 2.75) is 32.2 Å². The van der Waals surface area contributed by atoms with Gasteiger partial charge in [-0.2, -0.15) is 5.10 Å². The first-order valence-electron chi connectivity index (χ1n) is 11.5. The van der Waals surface area contributed by atoms with Gasteiger partial charge >= 0.3 is 0 Å². The number of piperazine rings is 1. The Kier molecular flexibility index (Phi) is 7.32. The van der Waals surface area contributed by atoms with E-state index in [0.717, 1.165) is 52.0 Å². The van der Waals surface area contributed by atoms with Gasteiger partial charge in [0.2, 0.25) is 5.91 Å². The number of amides is 2. The van der Waals surface area contributed by atoms with Crippen LogP contribution in [0.3, 0.4) is 0 Å². The van der Waals surface area contributed by atoms with Crippen LogP contribution in [0.1, 0.15) is 41.7 Å². The van der Waals surface area contributed by atoms with Crippen molar-refractivity contribution in [2.24, 2.45) is 5.92 Å². The van der Waals surface area contributed by atoms with Gasteiger partial charge < -0.3 is 9.80 Å². The van der Waals surface area contributed by atoms with Crippen molar-refractivity contribution in [3.63, 3.8) is 0 Å². The molecular weight excluding hydrogens is 406 g/mol. The zero-order valence-corrected chi connectivity index (χ0v) is 18.4. The SMILES string of the molecule is O=C(CC[C@H]1CCCN(C(=O)c2ccc(=O)[nH]n2)C1)N1CCN(Cc2ccccc2)CC1. The van der Waals surface area contributed by atoms with Crippen LogP contribution in [-0.2, 0) is 11.3 Å². The molecule has 2 aromatic rings. The van der Waals surface area contributed by atoms with Gasteiger partial charge in [0.25, 0.3) is 11.5 Å². The lowest BCUT2D eigenvalue weighted by Gasteiger charge is -2.36. The van der Waals surface area contributed by atoms with Crippen LogP contribution in [0.4, 0.5) is 0 Å². The molecule has 0 spiro atoms. The molecule has 1 atom stereocenters. The summed E-state index contributed by atoms with van der Waals surface area (Å²) in [7, 11) is 0. The van der Waals surface area contributed by atoms with Gasteiger partial charge in [0.05, 0.1) is 0 Å². The van der Waals surface area contributed by atoms with E-state index in [-0.39, 0.29) is 23.1 Å². The fraction of sp³-hybridized carbons (Fsp3) is 0.500. The number of aromatic nitrogens is 2. The molecule has 3 heterocycles. The summed E-state index contributed by atoms with van der Waals surface area (Å²) in [6.45, 7) is 5.61. The molecule has 0 aliphatic carbocycles. The topological polar surface area (TPSA) is 89.6 Å². The number of hydrogen-bond acceptors (Lipinski definition) is 5.